The molecular weight excluding hydrogens is 490 g/mol. The molecule has 0 aliphatic rings. The maximum Gasteiger partial charge on any atom is 0.341 e. The first-order valence-corrected chi connectivity index (χ1v) is 11.8. The van der Waals surface area contributed by atoms with Crippen molar-refractivity contribution >= 4 is 50.2 Å². The largest absolute Gasteiger partial charge is 0.493 e. The molecule has 7 heteroatoms. The standard InChI is InChI=1S/C25H24BrNO4S/c1-4-16-6-8-17(9-7-16)20-15-32-24(23(20)25(29)30-3)27-22(28)13-10-18-14-19(26)11-12-21(18)31-5-2/h6-15H,4-5H2,1-3H3,(H,27,28)/b13-10+. The maximum atomic E-state index is 12.6. The fourth-order valence-corrected chi connectivity index (χ4v) is 4.48. The molecule has 0 spiro atoms. The van der Waals surface area contributed by atoms with Gasteiger partial charge in [-0.15, -0.1) is 11.3 Å². The predicted octanol–water partition coefficient (Wildman–Crippen LogP) is 6.58. The topological polar surface area (TPSA) is 64.6 Å². The van der Waals surface area contributed by atoms with E-state index in [1.165, 1.54) is 30.1 Å². The normalized spacial score (nSPS) is 10.9. The summed E-state index contributed by atoms with van der Waals surface area (Å²) in [4.78, 5) is 25.2. The Morgan fingerprint density at radius 1 is 1.12 bits per heavy atom. The van der Waals surface area contributed by atoms with Gasteiger partial charge in [0.1, 0.15) is 16.3 Å². The Kier molecular flexibility index (Phi) is 8.25. The molecule has 3 aromatic rings. The molecule has 1 N–H and O–H groups in total. The van der Waals surface area contributed by atoms with Gasteiger partial charge < -0.3 is 14.8 Å². The Bertz CT molecular complexity index is 1140. The lowest BCUT2D eigenvalue weighted by atomic mass is 10.0. The highest BCUT2D eigenvalue weighted by Crippen LogP contribution is 2.36. The molecule has 0 aliphatic carbocycles. The number of aryl methyl sites for hydroxylation is 1. The van der Waals surface area contributed by atoms with Crippen molar-refractivity contribution in [1.29, 1.82) is 0 Å². The Morgan fingerprint density at radius 2 is 1.88 bits per heavy atom. The van der Waals surface area contributed by atoms with Crippen molar-refractivity contribution in [1.82, 2.24) is 0 Å². The molecule has 5 nitrogen and oxygen atoms in total. The number of ether oxygens (including phenoxy) is 2. The fraction of sp³-hybridized carbons (Fsp3) is 0.200. The molecule has 166 valence electrons. The van der Waals surface area contributed by atoms with E-state index >= 15 is 0 Å². The fourth-order valence-electron chi connectivity index (χ4n) is 3.14. The van der Waals surface area contributed by atoms with Crippen LogP contribution in [0.4, 0.5) is 5.00 Å². The van der Waals surface area contributed by atoms with Crippen LogP contribution in [-0.2, 0) is 16.0 Å². The minimum Gasteiger partial charge on any atom is -0.493 e. The minimum atomic E-state index is -0.495. The van der Waals surface area contributed by atoms with Crippen molar-refractivity contribution in [3.63, 3.8) is 0 Å². The van der Waals surface area contributed by atoms with E-state index in [1.54, 1.807) is 6.08 Å². The second-order valence-corrected chi connectivity index (χ2v) is 8.63. The lowest BCUT2D eigenvalue weighted by Crippen LogP contribution is -2.11. The van der Waals surface area contributed by atoms with Crippen molar-refractivity contribution in [3.05, 3.63) is 75.1 Å². The number of hydrogen-bond donors (Lipinski definition) is 1. The highest BCUT2D eigenvalue weighted by atomic mass is 79.9. The molecule has 2 aromatic carbocycles. The summed E-state index contributed by atoms with van der Waals surface area (Å²) in [5.74, 6) is -0.165. The second-order valence-electron chi connectivity index (χ2n) is 6.83. The van der Waals surface area contributed by atoms with Gasteiger partial charge in [0.15, 0.2) is 0 Å². The van der Waals surface area contributed by atoms with E-state index in [2.05, 4.69) is 28.2 Å². The number of carbonyl (C=O) groups is 2. The first kappa shape index (κ1) is 23.8. The SMILES string of the molecule is CCOc1ccc(Br)cc1/C=C/C(=O)Nc1scc(-c2ccc(CC)cc2)c1C(=O)OC. The van der Waals surface area contributed by atoms with Crippen molar-refractivity contribution < 1.29 is 19.1 Å². The van der Waals surface area contributed by atoms with Crippen LogP contribution in [-0.4, -0.2) is 25.6 Å². The number of methoxy groups -OCH3 is 1. The lowest BCUT2D eigenvalue weighted by molar-refractivity contribution is -0.111. The number of hydrogen-bond acceptors (Lipinski definition) is 5. The highest BCUT2D eigenvalue weighted by Gasteiger charge is 2.22. The van der Waals surface area contributed by atoms with Crippen LogP contribution in [0, 0.1) is 0 Å². The molecule has 1 amide bonds. The van der Waals surface area contributed by atoms with Crippen LogP contribution < -0.4 is 10.1 Å². The first-order valence-electron chi connectivity index (χ1n) is 10.2. The number of thiophene rings is 1. The molecule has 1 aromatic heterocycles. The van der Waals surface area contributed by atoms with Crippen LogP contribution in [0.25, 0.3) is 17.2 Å². The molecule has 1 heterocycles. The zero-order chi connectivity index (χ0) is 23.1. The van der Waals surface area contributed by atoms with E-state index in [0.717, 1.165) is 27.6 Å². The van der Waals surface area contributed by atoms with Gasteiger partial charge in [0.05, 0.1) is 13.7 Å². The summed E-state index contributed by atoms with van der Waals surface area (Å²) in [6.07, 6.45) is 4.03. The molecule has 3 rings (SSSR count). The monoisotopic (exact) mass is 513 g/mol. The van der Waals surface area contributed by atoms with Crippen LogP contribution in [0.2, 0.25) is 0 Å². The van der Waals surface area contributed by atoms with E-state index in [0.29, 0.717) is 22.9 Å². The average molecular weight is 514 g/mol. The lowest BCUT2D eigenvalue weighted by Gasteiger charge is -2.08. The number of amides is 1. The highest BCUT2D eigenvalue weighted by molar-refractivity contribution is 9.10. The van der Waals surface area contributed by atoms with Gasteiger partial charge in [0.25, 0.3) is 0 Å². The summed E-state index contributed by atoms with van der Waals surface area (Å²) in [6.45, 7) is 4.52. The predicted molar refractivity (Wildman–Crippen MR) is 133 cm³/mol. The Balaban J connectivity index is 1.86. The summed E-state index contributed by atoms with van der Waals surface area (Å²) in [6, 6.07) is 13.6. The van der Waals surface area contributed by atoms with Crippen LogP contribution in [0.15, 0.2) is 58.4 Å². The van der Waals surface area contributed by atoms with E-state index in [-0.39, 0.29) is 5.91 Å². The third-order valence-electron chi connectivity index (χ3n) is 4.78. The van der Waals surface area contributed by atoms with Gasteiger partial charge in [-0.3, -0.25) is 4.79 Å². The van der Waals surface area contributed by atoms with Gasteiger partial charge in [-0.25, -0.2) is 4.79 Å². The Labute approximate surface area is 200 Å². The van der Waals surface area contributed by atoms with Gasteiger partial charge in [-0.2, -0.15) is 0 Å². The average Bonchev–Trinajstić information content (AvgIpc) is 3.22. The zero-order valence-electron chi connectivity index (χ0n) is 18.1. The summed E-state index contributed by atoms with van der Waals surface area (Å²) in [5, 5.41) is 5.11. The van der Waals surface area contributed by atoms with Crippen LogP contribution >= 0.6 is 27.3 Å². The van der Waals surface area contributed by atoms with Gasteiger partial charge in [-0.1, -0.05) is 47.1 Å². The molecule has 32 heavy (non-hydrogen) atoms. The van der Waals surface area contributed by atoms with Gasteiger partial charge in [-0.05, 0) is 48.7 Å². The maximum absolute atomic E-state index is 12.6. The quantitative estimate of drug-likeness (QED) is 0.273. The molecule has 0 unspecified atom stereocenters. The number of anilines is 1. The smallest absolute Gasteiger partial charge is 0.341 e. The van der Waals surface area contributed by atoms with Crippen LogP contribution in [0.1, 0.15) is 35.3 Å². The van der Waals surface area contributed by atoms with E-state index in [9.17, 15) is 9.59 Å². The summed E-state index contributed by atoms with van der Waals surface area (Å²) in [7, 11) is 1.33. The van der Waals surface area contributed by atoms with Crippen LogP contribution in [0.3, 0.4) is 0 Å². The Hall–Kier alpha value is -2.90. The van der Waals surface area contributed by atoms with Crippen LogP contribution in [0.5, 0.6) is 5.75 Å². The zero-order valence-corrected chi connectivity index (χ0v) is 20.5. The molecule has 0 aliphatic heterocycles. The number of nitrogens with one attached hydrogen (secondary N) is 1. The third kappa shape index (κ3) is 5.66. The van der Waals surface area contributed by atoms with Crippen molar-refractivity contribution in [3.8, 4) is 16.9 Å². The van der Waals surface area contributed by atoms with Gasteiger partial charge in [0.2, 0.25) is 5.91 Å². The molecule has 0 saturated heterocycles. The van der Waals surface area contributed by atoms with E-state index in [1.807, 2.05) is 54.8 Å². The number of benzene rings is 2. The van der Waals surface area contributed by atoms with Crippen molar-refractivity contribution in [2.24, 2.45) is 0 Å². The summed E-state index contributed by atoms with van der Waals surface area (Å²) >= 11 is 4.73. The molecule has 0 radical (unpaired) electrons. The molecule has 0 saturated carbocycles. The number of rotatable bonds is 8. The minimum absolute atomic E-state index is 0.348. The number of esters is 1. The van der Waals surface area contributed by atoms with E-state index in [4.69, 9.17) is 9.47 Å². The first-order chi connectivity index (χ1) is 15.5. The summed E-state index contributed by atoms with van der Waals surface area (Å²) < 4.78 is 11.5. The molecular formula is C25H24BrNO4S. The second kappa shape index (κ2) is 11.1. The van der Waals surface area contributed by atoms with Crippen molar-refractivity contribution in [2.75, 3.05) is 19.0 Å². The van der Waals surface area contributed by atoms with E-state index < -0.39 is 5.97 Å². The number of carbonyl (C=O) groups excluding carboxylic acids is 2. The van der Waals surface area contributed by atoms with Crippen molar-refractivity contribution in [2.45, 2.75) is 20.3 Å². The number of halogens is 1. The third-order valence-corrected chi connectivity index (χ3v) is 6.17. The van der Waals surface area contributed by atoms with Gasteiger partial charge in [0, 0.05) is 27.1 Å². The molecule has 0 fully saturated rings. The van der Waals surface area contributed by atoms with Gasteiger partial charge >= 0.3 is 5.97 Å². The molecule has 0 bridgehead atoms. The Morgan fingerprint density at radius 3 is 2.53 bits per heavy atom. The molecule has 0 atom stereocenters. The summed E-state index contributed by atoms with van der Waals surface area (Å²) in [5.41, 5.74) is 3.95.